The van der Waals surface area contributed by atoms with E-state index in [1.807, 2.05) is 18.2 Å². The molecule has 0 N–H and O–H groups in total. The summed E-state index contributed by atoms with van der Waals surface area (Å²) in [7, 11) is -2.37. The van der Waals surface area contributed by atoms with E-state index in [-0.39, 0.29) is 11.6 Å². The summed E-state index contributed by atoms with van der Waals surface area (Å²) in [6, 6.07) is 11.2. The summed E-state index contributed by atoms with van der Waals surface area (Å²) < 4.78 is 31.4. The van der Waals surface area contributed by atoms with Crippen LogP contribution in [0.3, 0.4) is 0 Å². The van der Waals surface area contributed by atoms with Crippen molar-refractivity contribution in [1.82, 2.24) is 0 Å². The fraction of sp³-hybridized carbons (Fsp3) is 0.133. The van der Waals surface area contributed by atoms with Crippen LogP contribution in [-0.2, 0) is 19.1 Å². The second-order valence-electron chi connectivity index (χ2n) is 4.45. The van der Waals surface area contributed by atoms with E-state index in [2.05, 4.69) is 20.5 Å². The first kappa shape index (κ1) is 16.5. The number of oxime groups is 1. The molecule has 0 unspecified atom stereocenters. The highest BCUT2D eigenvalue weighted by Gasteiger charge is 2.17. The number of allylic oxidation sites excluding steroid dienone is 2. The summed E-state index contributed by atoms with van der Waals surface area (Å²) in [6.45, 7) is 0. The van der Waals surface area contributed by atoms with Crippen LogP contribution in [0, 0.1) is 11.3 Å². The first-order chi connectivity index (χ1) is 10.9. The molecule has 0 aromatic heterocycles. The Morgan fingerprint density at radius 1 is 1.26 bits per heavy atom. The third kappa shape index (κ3) is 4.28. The second-order valence-corrected chi connectivity index (χ2v) is 6.00. The van der Waals surface area contributed by atoms with Gasteiger partial charge in [-0.15, -0.1) is 0 Å². The lowest BCUT2D eigenvalue weighted by atomic mass is 10.0. The average molecular weight is 331 g/mol. The Hall–Kier alpha value is -2.92. The van der Waals surface area contributed by atoms with Crippen LogP contribution in [0.5, 0.6) is 0 Å². The third-order valence-corrected chi connectivity index (χ3v) is 3.08. The van der Waals surface area contributed by atoms with Gasteiger partial charge in [0.2, 0.25) is 5.90 Å². The molecule has 1 heterocycles. The monoisotopic (exact) mass is 331 g/mol. The van der Waals surface area contributed by atoms with E-state index in [1.54, 1.807) is 18.2 Å². The van der Waals surface area contributed by atoms with Gasteiger partial charge in [-0.1, -0.05) is 35.5 Å². The summed E-state index contributed by atoms with van der Waals surface area (Å²) in [5.41, 5.74) is 1.56. The first-order valence-electron chi connectivity index (χ1n) is 6.42. The maximum atomic E-state index is 11.0. The summed E-state index contributed by atoms with van der Waals surface area (Å²) in [5.74, 6) is 0.0508. The lowest BCUT2D eigenvalue weighted by molar-refractivity contribution is 0.341. The largest absolute Gasteiger partial charge is 0.479 e. The van der Waals surface area contributed by atoms with Crippen molar-refractivity contribution in [1.29, 1.82) is 5.26 Å². The molecule has 0 saturated carbocycles. The molecule has 0 atom stereocenters. The van der Waals surface area contributed by atoms with Gasteiger partial charge in [0, 0.05) is 0 Å². The number of aliphatic imine (C=N–C) groups is 1. The molecule has 0 spiro atoms. The number of benzene rings is 1. The number of ether oxygens (including phenoxy) is 1. The van der Waals surface area contributed by atoms with Gasteiger partial charge in [0.1, 0.15) is 6.07 Å². The highest BCUT2D eigenvalue weighted by Crippen LogP contribution is 2.22. The maximum absolute atomic E-state index is 11.0. The van der Waals surface area contributed by atoms with Crippen molar-refractivity contribution >= 4 is 27.3 Å². The number of dihydropyridines is 1. The first-order valence-corrected chi connectivity index (χ1v) is 8.24. The standard InChI is InChI=1S/C15H13N3O4S/c1-21-15-14(18-22-23(2,19)20)9-8-13(17-15)12(10-16)11-6-4-3-5-7-11/h3-9H,1-2H3/b13-12-,18-14+. The Bertz CT molecular complexity index is 860. The van der Waals surface area contributed by atoms with Crippen LogP contribution >= 0.6 is 0 Å². The highest BCUT2D eigenvalue weighted by molar-refractivity contribution is 7.85. The molecule has 0 radical (unpaired) electrons. The number of methoxy groups -OCH3 is 1. The van der Waals surface area contributed by atoms with Crippen molar-refractivity contribution in [2.24, 2.45) is 10.1 Å². The second kappa shape index (κ2) is 6.89. The lowest BCUT2D eigenvalue weighted by Gasteiger charge is -2.11. The van der Waals surface area contributed by atoms with E-state index in [0.29, 0.717) is 16.8 Å². The number of rotatable bonds is 3. The van der Waals surface area contributed by atoms with Gasteiger partial charge in [-0.3, -0.25) is 4.28 Å². The highest BCUT2D eigenvalue weighted by atomic mass is 32.2. The molecule has 7 nitrogen and oxygen atoms in total. The van der Waals surface area contributed by atoms with Crippen molar-refractivity contribution in [2.45, 2.75) is 0 Å². The summed E-state index contributed by atoms with van der Waals surface area (Å²) in [5, 5.41) is 12.9. The molecule has 0 saturated heterocycles. The Morgan fingerprint density at radius 3 is 2.52 bits per heavy atom. The van der Waals surface area contributed by atoms with Gasteiger partial charge in [0.05, 0.1) is 24.6 Å². The van der Waals surface area contributed by atoms with Crippen LogP contribution in [-0.4, -0.2) is 33.4 Å². The molecule has 1 aromatic carbocycles. The molecular weight excluding hydrogens is 318 g/mol. The number of nitriles is 1. The van der Waals surface area contributed by atoms with E-state index >= 15 is 0 Å². The van der Waals surface area contributed by atoms with Gasteiger partial charge in [0.15, 0.2) is 5.71 Å². The molecular formula is C15H13N3O4S. The minimum Gasteiger partial charge on any atom is -0.479 e. The van der Waals surface area contributed by atoms with Gasteiger partial charge < -0.3 is 4.74 Å². The van der Waals surface area contributed by atoms with E-state index < -0.39 is 10.1 Å². The molecule has 1 aliphatic rings. The van der Waals surface area contributed by atoms with Crippen LogP contribution in [0.2, 0.25) is 0 Å². The smallest absolute Gasteiger partial charge is 0.325 e. The van der Waals surface area contributed by atoms with Gasteiger partial charge in [-0.05, 0) is 17.7 Å². The van der Waals surface area contributed by atoms with Crippen molar-refractivity contribution in [3.63, 3.8) is 0 Å². The number of nitrogens with zero attached hydrogens (tertiary/aromatic N) is 3. The van der Waals surface area contributed by atoms with E-state index in [4.69, 9.17) is 4.74 Å². The van der Waals surface area contributed by atoms with Gasteiger partial charge in [-0.2, -0.15) is 13.7 Å². The Kier molecular flexibility index (Phi) is 4.93. The summed E-state index contributed by atoms with van der Waals surface area (Å²) in [6.07, 6.45) is 3.88. The number of hydrogen-bond acceptors (Lipinski definition) is 7. The minimum absolute atomic E-state index is 0.0508. The zero-order valence-electron chi connectivity index (χ0n) is 12.4. The molecule has 2 rings (SSSR count). The van der Waals surface area contributed by atoms with Crippen LogP contribution in [0.25, 0.3) is 5.57 Å². The van der Waals surface area contributed by atoms with Crippen molar-refractivity contribution in [2.75, 3.05) is 13.4 Å². The Labute approximate surface area is 134 Å². The van der Waals surface area contributed by atoms with Crippen LogP contribution < -0.4 is 0 Å². The van der Waals surface area contributed by atoms with Crippen molar-refractivity contribution in [3.8, 4) is 6.07 Å². The molecule has 23 heavy (non-hydrogen) atoms. The van der Waals surface area contributed by atoms with Gasteiger partial charge >= 0.3 is 10.1 Å². The third-order valence-electron chi connectivity index (χ3n) is 2.73. The minimum atomic E-state index is -3.73. The predicted octanol–water partition coefficient (Wildman–Crippen LogP) is 1.87. The summed E-state index contributed by atoms with van der Waals surface area (Å²) in [4.78, 5) is 4.19. The van der Waals surface area contributed by atoms with Crippen LogP contribution in [0.1, 0.15) is 5.56 Å². The topological polar surface area (TPSA) is 101 Å². The quantitative estimate of drug-likeness (QED) is 0.621. The molecule has 1 aliphatic heterocycles. The molecule has 1 aromatic rings. The molecule has 0 amide bonds. The molecule has 8 heteroatoms. The zero-order chi connectivity index (χ0) is 16.9. The van der Waals surface area contributed by atoms with E-state index in [9.17, 15) is 13.7 Å². The Balaban J connectivity index is 2.44. The SMILES string of the molecule is COC1=NC(=C(/C#N)c2ccccc2)/C=CC/1=N\OS(C)(=O)=O. The molecule has 0 bridgehead atoms. The fourth-order valence-electron chi connectivity index (χ4n) is 1.77. The van der Waals surface area contributed by atoms with E-state index in [0.717, 1.165) is 6.26 Å². The normalized spacial score (nSPS) is 18.1. The Morgan fingerprint density at radius 2 is 1.96 bits per heavy atom. The molecule has 0 fully saturated rings. The van der Waals surface area contributed by atoms with Crippen molar-refractivity contribution < 1.29 is 17.4 Å². The number of hydrogen-bond donors (Lipinski definition) is 0. The zero-order valence-corrected chi connectivity index (χ0v) is 13.2. The fourth-order valence-corrected chi connectivity index (χ4v) is 1.99. The van der Waals surface area contributed by atoms with Crippen molar-refractivity contribution in [3.05, 3.63) is 53.7 Å². The van der Waals surface area contributed by atoms with E-state index in [1.165, 1.54) is 13.2 Å². The predicted molar refractivity (Wildman–Crippen MR) is 85.9 cm³/mol. The maximum Gasteiger partial charge on any atom is 0.325 e. The van der Waals surface area contributed by atoms with Gasteiger partial charge in [0.25, 0.3) is 0 Å². The molecule has 0 aliphatic carbocycles. The average Bonchev–Trinajstić information content (AvgIpc) is 2.54. The van der Waals surface area contributed by atoms with Crippen LogP contribution in [0.4, 0.5) is 0 Å². The lowest BCUT2D eigenvalue weighted by Crippen LogP contribution is -2.18. The van der Waals surface area contributed by atoms with Gasteiger partial charge in [-0.25, -0.2) is 4.99 Å². The van der Waals surface area contributed by atoms with Crippen LogP contribution in [0.15, 0.2) is 58.3 Å². The summed E-state index contributed by atoms with van der Waals surface area (Å²) >= 11 is 0. The molecule has 118 valence electrons.